The molecule has 0 bridgehead atoms. The molecule has 27 heavy (non-hydrogen) atoms. The smallest absolute Gasteiger partial charge is 0.134 e. The topological polar surface area (TPSA) is 44.7 Å². The fourth-order valence-corrected chi connectivity index (χ4v) is 4.08. The molecular weight excluding hydrogens is 338 g/mol. The highest BCUT2D eigenvalue weighted by molar-refractivity contribution is 5.54. The largest absolute Gasteiger partial charge is 0.497 e. The van der Waals surface area contributed by atoms with Gasteiger partial charge in [-0.1, -0.05) is 13.0 Å². The molecule has 0 saturated carbocycles. The van der Waals surface area contributed by atoms with Gasteiger partial charge in [0, 0.05) is 57.1 Å². The summed E-state index contributed by atoms with van der Waals surface area (Å²) in [6.07, 6.45) is 4.29. The van der Waals surface area contributed by atoms with Gasteiger partial charge in [-0.3, -0.25) is 0 Å². The van der Waals surface area contributed by atoms with Gasteiger partial charge in [0.2, 0.25) is 0 Å². The van der Waals surface area contributed by atoms with Crippen LogP contribution in [0.15, 0.2) is 36.7 Å². The number of rotatable bonds is 4. The third-order valence-electron chi connectivity index (χ3n) is 5.64. The number of benzene rings is 1. The number of aromatic nitrogens is 2. The van der Waals surface area contributed by atoms with E-state index in [-0.39, 0.29) is 0 Å². The molecule has 0 aliphatic carbocycles. The average Bonchev–Trinajstić information content (AvgIpc) is 2.74. The monoisotopic (exact) mass is 367 g/mol. The average molecular weight is 367 g/mol. The molecule has 1 aromatic carbocycles. The first-order valence-electron chi connectivity index (χ1n) is 9.94. The summed E-state index contributed by atoms with van der Waals surface area (Å²) in [6.45, 7) is 8.41. The maximum absolute atomic E-state index is 5.36. The van der Waals surface area contributed by atoms with Crippen molar-refractivity contribution in [1.82, 2.24) is 9.97 Å². The minimum atomic E-state index is 0.739. The molecule has 3 heterocycles. The van der Waals surface area contributed by atoms with Gasteiger partial charge in [0.1, 0.15) is 23.7 Å². The van der Waals surface area contributed by atoms with Crippen molar-refractivity contribution < 1.29 is 4.74 Å². The highest BCUT2D eigenvalue weighted by Gasteiger charge is 2.21. The van der Waals surface area contributed by atoms with Crippen LogP contribution in [-0.2, 0) is 0 Å². The summed E-state index contributed by atoms with van der Waals surface area (Å²) in [4.78, 5) is 16.3. The van der Waals surface area contributed by atoms with Crippen molar-refractivity contribution in [1.29, 1.82) is 0 Å². The Morgan fingerprint density at radius 3 is 2.41 bits per heavy atom. The van der Waals surface area contributed by atoms with Crippen LogP contribution < -0.4 is 19.4 Å². The molecule has 0 spiro atoms. The van der Waals surface area contributed by atoms with Crippen molar-refractivity contribution in [2.75, 3.05) is 61.1 Å². The zero-order valence-electron chi connectivity index (χ0n) is 16.3. The highest BCUT2D eigenvalue weighted by Crippen LogP contribution is 2.26. The van der Waals surface area contributed by atoms with Crippen molar-refractivity contribution in [3.63, 3.8) is 0 Å². The van der Waals surface area contributed by atoms with Crippen molar-refractivity contribution in [3.8, 4) is 5.75 Å². The molecule has 1 atom stereocenters. The van der Waals surface area contributed by atoms with Crippen LogP contribution in [0, 0.1) is 5.92 Å². The molecule has 2 aliphatic rings. The number of hydrogen-bond acceptors (Lipinski definition) is 6. The van der Waals surface area contributed by atoms with E-state index in [4.69, 9.17) is 4.74 Å². The van der Waals surface area contributed by atoms with Crippen LogP contribution in [0.4, 0.5) is 17.3 Å². The zero-order chi connectivity index (χ0) is 18.6. The number of piperidine rings is 1. The minimum Gasteiger partial charge on any atom is -0.497 e. The summed E-state index contributed by atoms with van der Waals surface area (Å²) in [5, 5.41) is 0. The van der Waals surface area contributed by atoms with Gasteiger partial charge in [-0.25, -0.2) is 9.97 Å². The van der Waals surface area contributed by atoms with Gasteiger partial charge < -0.3 is 19.4 Å². The maximum atomic E-state index is 5.36. The number of nitrogens with zero attached hydrogens (tertiary/aromatic N) is 5. The van der Waals surface area contributed by atoms with Crippen LogP contribution >= 0.6 is 0 Å². The Labute approximate surface area is 161 Å². The summed E-state index contributed by atoms with van der Waals surface area (Å²) in [5.74, 6) is 3.76. The Morgan fingerprint density at radius 2 is 1.67 bits per heavy atom. The molecule has 0 radical (unpaired) electrons. The Morgan fingerprint density at radius 1 is 0.926 bits per heavy atom. The molecule has 6 heteroatoms. The van der Waals surface area contributed by atoms with Gasteiger partial charge in [-0.2, -0.15) is 0 Å². The second-order valence-electron chi connectivity index (χ2n) is 7.60. The first-order valence-corrected chi connectivity index (χ1v) is 9.94. The van der Waals surface area contributed by atoms with E-state index in [0.717, 1.165) is 62.6 Å². The van der Waals surface area contributed by atoms with Crippen LogP contribution in [0.1, 0.15) is 19.8 Å². The summed E-state index contributed by atoms with van der Waals surface area (Å²) in [6, 6.07) is 10.5. The zero-order valence-corrected chi connectivity index (χ0v) is 16.3. The van der Waals surface area contributed by atoms with Crippen molar-refractivity contribution >= 4 is 17.3 Å². The minimum absolute atomic E-state index is 0.739. The van der Waals surface area contributed by atoms with Crippen LogP contribution in [0.25, 0.3) is 0 Å². The summed E-state index contributed by atoms with van der Waals surface area (Å²) in [5.41, 5.74) is 1.22. The molecule has 4 rings (SSSR count). The maximum Gasteiger partial charge on any atom is 0.134 e. The number of hydrogen-bond donors (Lipinski definition) is 0. The standard InChI is InChI=1S/C21H29N5O/c1-17-5-4-8-26(15-17)21-14-20(22-16-23-21)25-11-9-24(10-12-25)18-6-3-7-19(13-18)27-2/h3,6-7,13-14,16-17H,4-5,8-12,15H2,1-2H3/t17-/m0/s1. The molecule has 2 aliphatic heterocycles. The first kappa shape index (κ1) is 17.9. The Hall–Kier alpha value is -2.50. The SMILES string of the molecule is COc1cccc(N2CCN(c3cc(N4CCC[C@H](C)C4)ncn3)CC2)c1. The third kappa shape index (κ3) is 4.10. The normalized spacial score (nSPS) is 20.7. The molecule has 1 aromatic heterocycles. The molecule has 0 unspecified atom stereocenters. The molecule has 2 saturated heterocycles. The lowest BCUT2D eigenvalue weighted by atomic mass is 10.0. The molecule has 2 aromatic rings. The lowest BCUT2D eigenvalue weighted by Crippen LogP contribution is -2.47. The van der Waals surface area contributed by atoms with Gasteiger partial charge in [0.15, 0.2) is 0 Å². The summed E-state index contributed by atoms with van der Waals surface area (Å²) in [7, 11) is 1.72. The predicted octanol–water partition coefficient (Wildman–Crippen LogP) is 3.05. The van der Waals surface area contributed by atoms with E-state index in [1.807, 2.05) is 6.07 Å². The molecule has 2 fully saturated rings. The third-order valence-corrected chi connectivity index (χ3v) is 5.64. The fraction of sp³-hybridized carbons (Fsp3) is 0.524. The van der Waals surface area contributed by atoms with Crippen LogP contribution in [0.2, 0.25) is 0 Å². The molecule has 6 nitrogen and oxygen atoms in total. The van der Waals surface area contributed by atoms with E-state index < -0.39 is 0 Å². The highest BCUT2D eigenvalue weighted by atomic mass is 16.5. The van der Waals surface area contributed by atoms with Crippen LogP contribution in [-0.4, -0.2) is 56.3 Å². The van der Waals surface area contributed by atoms with E-state index in [2.05, 4.69) is 55.9 Å². The van der Waals surface area contributed by atoms with Gasteiger partial charge in [-0.05, 0) is 30.9 Å². The quantitative estimate of drug-likeness (QED) is 0.828. The molecular formula is C21H29N5O. The summed E-state index contributed by atoms with van der Waals surface area (Å²) >= 11 is 0. The lowest BCUT2D eigenvalue weighted by Gasteiger charge is -2.37. The molecule has 0 amide bonds. The molecule has 144 valence electrons. The van der Waals surface area contributed by atoms with Crippen molar-refractivity contribution in [2.24, 2.45) is 5.92 Å². The Balaban J connectivity index is 1.41. The van der Waals surface area contributed by atoms with Crippen molar-refractivity contribution in [3.05, 3.63) is 36.7 Å². The van der Waals surface area contributed by atoms with E-state index in [1.165, 1.54) is 18.5 Å². The second-order valence-corrected chi connectivity index (χ2v) is 7.60. The number of anilines is 3. The number of methoxy groups -OCH3 is 1. The predicted molar refractivity (Wildman–Crippen MR) is 110 cm³/mol. The van der Waals surface area contributed by atoms with E-state index >= 15 is 0 Å². The number of piperazine rings is 1. The van der Waals surface area contributed by atoms with E-state index in [1.54, 1.807) is 13.4 Å². The fourth-order valence-electron chi connectivity index (χ4n) is 4.08. The van der Waals surface area contributed by atoms with Crippen LogP contribution in [0.3, 0.4) is 0 Å². The van der Waals surface area contributed by atoms with Gasteiger partial charge in [0.25, 0.3) is 0 Å². The van der Waals surface area contributed by atoms with Crippen LogP contribution in [0.5, 0.6) is 5.75 Å². The first-order chi connectivity index (χ1) is 13.2. The van der Waals surface area contributed by atoms with E-state index in [0.29, 0.717) is 0 Å². The number of ether oxygens (including phenoxy) is 1. The van der Waals surface area contributed by atoms with Gasteiger partial charge in [0.05, 0.1) is 7.11 Å². The van der Waals surface area contributed by atoms with E-state index in [9.17, 15) is 0 Å². The van der Waals surface area contributed by atoms with Gasteiger partial charge >= 0.3 is 0 Å². The second kappa shape index (κ2) is 8.03. The molecule has 0 N–H and O–H groups in total. The Kier molecular flexibility index (Phi) is 5.32. The summed E-state index contributed by atoms with van der Waals surface area (Å²) < 4.78 is 5.36. The lowest BCUT2D eigenvalue weighted by molar-refractivity contribution is 0.414. The Bertz CT molecular complexity index is 760. The van der Waals surface area contributed by atoms with Crippen molar-refractivity contribution in [2.45, 2.75) is 19.8 Å². The van der Waals surface area contributed by atoms with Gasteiger partial charge in [-0.15, -0.1) is 0 Å².